The molecule has 6 heteroatoms. The number of carbonyl (C=O) groups is 1. The Morgan fingerprint density at radius 2 is 1.67 bits per heavy atom. The molecule has 30 heavy (non-hydrogen) atoms. The second-order valence-corrected chi connectivity index (χ2v) is 9.29. The molecule has 0 radical (unpaired) electrons. The molecule has 0 aliphatic carbocycles. The van der Waals surface area contributed by atoms with Crippen molar-refractivity contribution in [3.63, 3.8) is 0 Å². The number of anilines is 1. The van der Waals surface area contributed by atoms with E-state index in [-0.39, 0.29) is 16.8 Å². The lowest BCUT2D eigenvalue weighted by Crippen LogP contribution is -2.35. The Bertz CT molecular complexity index is 1150. The molecule has 154 valence electrons. The number of sulfonamides is 1. The van der Waals surface area contributed by atoms with Crippen molar-refractivity contribution in [1.82, 2.24) is 4.72 Å². The summed E-state index contributed by atoms with van der Waals surface area (Å²) in [6, 6.07) is 23.9. The van der Waals surface area contributed by atoms with Gasteiger partial charge in [0.25, 0.3) is 5.91 Å². The maximum atomic E-state index is 13.0. The lowest BCUT2D eigenvalue weighted by Gasteiger charge is -2.23. The van der Waals surface area contributed by atoms with Crippen LogP contribution in [0.3, 0.4) is 0 Å². The van der Waals surface area contributed by atoms with Gasteiger partial charge in [0, 0.05) is 23.8 Å². The maximum absolute atomic E-state index is 13.0. The van der Waals surface area contributed by atoms with Gasteiger partial charge in [0.2, 0.25) is 10.0 Å². The molecule has 1 heterocycles. The van der Waals surface area contributed by atoms with E-state index in [2.05, 4.69) is 4.72 Å². The number of amides is 1. The van der Waals surface area contributed by atoms with Crippen LogP contribution < -0.4 is 9.62 Å². The highest BCUT2D eigenvalue weighted by molar-refractivity contribution is 7.89. The largest absolute Gasteiger partial charge is 0.305 e. The first-order chi connectivity index (χ1) is 14.5. The summed E-state index contributed by atoms with van der Waals surface area (Å²) in [4.78, 5) is 15.0. The van der Waals surface area contributed by atoms with Crippen LogP contribution in [0.4, 0.5) is 5.69 Å². The van der Waals surface area contributed by atoms with Crippen LogP contribution in [0, 0.1) is 0 Å². The van der Waals surface area contributed by atoms with Crippen molar-refractivity contribution in [3.05, 3.63) is 95.6 Å². The lowest BCUT2D eigenvalue weighted by atomic mass is 10.1. The third-order valence-electron chi connectivity index (χ3n) is 5.37. The molecule has 3 aromatic rings. The summed E-state index contributed by atoms with van der Waals surface area (Å²) < 4.78 is 28.2. The fourth-order valence-electron chi connectivity index (χ4n) is 3.86. The van der Waals surface area contributed by atoms with Gasteiger partial charge in [-0.25, -0.2) is 13.1 Å². The minimum Gasteiger partial charge on any atom is -0.305 e. The van der Waals surface area contributed by atoms with Crippen molar-refractivity contribution in [2.75, 3.05) is 11.4 Å². The first kappa shape index (κ1) is 20.3. The van der Waals surface area contributed by atoms with Gasteiger partial charge < -0.3 is 4.90 Å². The summed E-state index contributed by atoms with van der Waals surface area (Å²) in [5.41, 5.74) is 3.35. The third-order valence-corrected chi connectivity index (χ3v) is 6.82. The number of nitrogens with zero attached hydrogens (tertiary/aromatic N) is 1. The van der Waals surface area contributed by atoms with Gasteiger partial charge in [0.1, 0.15) is 0 Å². The van der Waals surface area contributed by atoms with Crippen LogP contribution >= 0.6 is 0 Å². The predicted octanol–water partition coefficient (Wildman–Crippen LogP) is 3.80. The molecule has 5 nitrogen and oxygen atoms in total. The fraction of sp³-hybridized carbons (Fsp3) is 0.208. The SMILES string of the molecule is C[C@@H]1Cc2cc(S(=O)(=O)NCCc3ccccc3)ccc2N1C(=O)c1ccccc1. The van der Waals surface area contributed by atoms with E-state index >= 15 is 0 Å². The molecule has 1 N–H and O–H groups in total. The molecule has 1 aliphatic rings. The number of nitrogens with one attached hydrogen (secondary N) is 1. The number of hydrogen-bond donors (Lipinski definition) is 1. The van der Waals surface area contributed by atoms with Crippen LogP contribution in [0.2, 0.25) is 0 Å². The Labute approximate surface area is 177 Å². The molecule has 1 atom stereocenters. The smallest absolute Gasteiger partial charge is 0.258 e. The van der Waals surface area contributed by atoms with E-state index < -0.39 is 10.0 Å². The molecule has 3 aromatic carbocycles. The zero-order chi connectivity index (χ0) is 21.1. The Balaban J connectivity index is 1.51. The fourth-order valence-corrected chi connectivity index (χ4v) is 4.94. The van der Waals surface area contributed by atoms with Gasteiger partial charge in [-0.3, -0.25) is 4.79 Å². The van der Waals surface area contributed by atoms with Gasteiger partial charge in [0.15, 0.2) is 0 Å². The number of carbonyl (C=O) groups excluding carboxylic acids is 1. The van der Waals surface area contributed by atoms with Gasteiger partial charge in [-0.05, 0) is 61.2 Å². The minimum atomic E-state index is -3.61. The predicted molar refractivity (Wildman–Crippen MR) is 118 cm³/mol. The molecule has 0 saturated carbocycles. The molecule has 0 spiro atoms. The van der Waals surface area contributed by atoms with E-state index in [1.54, 1.807) is 35.2 Å². The number of rotatable bonds is 6. The number of benzene rings is 3. The van der Waals surface area contributed by atoms with Crippen molar-refractivity contribution in [2.45, 2.75) is 30.7 Å². The Morgan fingerprint density at radius 1 is 1.00 bits per heavy atom. The zero-order valence-corrected chi connectivity index (χ0v) is 17.6. The topological polar surface area (TPSA) is 66.5 Å². The van der Waals surface area contributed by atoms with Gasteiger partial charge in [-0.15, -0.1) is 0 Å². The van der Waals surface area contributed by atoms with Crippen molar-refractivity contribution in [1.29, 1.82) is 0 Å². The van der Waals surface area contributed by atoms with Crippen LogP contribution in [0.1, 0.15) is 28.4 Å². The Morgan fingerprint density at radius 3 is 2.37 bits per heavy atom. The highest BCUT2D eigenvalue weighted by Crippen LogP contribution is 2.35. The zero-order valence-electron chi connectivity index (χ0n) is 16.8. The van der Waals surface area contributed by atoms with Crippen molar-refractivity contribution in [3.8, 4) is 0 Å². The van der Waals surface area contributed by atoms with Gasteiger partial charge in [-0.1, -0.05) is 48.5 Å². The maximum Gasteiger partial charge on any atom is 0.258 e. The summed E-state index contributed by atoms with van der Waals surface area (Å²) in [6.07, 6.45) is 1.25. The summed E-state index contributed by atoms with van der Waals surface area (Å²) in [6.45, 7) is 2.31. The van der Waals surface area contributed by atoms with Gasteiger partial charge in [0.05, 0.1) is 4.90 Å². The molecule has 0 saturated heterocycles. The average Bonchev–Trinajstić information content (AvgIpc) is 3.09. The molecule has 0 unspecified atom stereocenters. The highest BCUT2D eigenvalue weighted by Gasteiger charge is 2.32. The van der Waals surface area contributed by atoms with Crippen molar-refractivity contribution < 1.29 is 13.2 Å². The molecule has 1 aliphatic heterocycles. The van der Waals surface area contributed by atoms with Crippen molar-refractivity contribution >= 4 is 21.6 Å². The minimum absolute atomic E-state index is 0.0308. The Hall–Kier alpha value is -2.96. The Kier molecular flexibility index (Phi) is 5.70. The summed E-state index contributed by atoms with van der Waals surface area (Å²) in [7, 11) is -3.61. The highest BCUT2D eigenvalue weighted by atomic mass is 32.2. The van der Waals surface area contributed by atoms with E-state index in [1.807, 2.05) is 55.5 Å². The molecule has 0 fully saturated rings. The van der Waals surface area contributed by atoms with E-state index in [1.165, 1.54) is 0 Å². The van der Waals surface area contributed by atoms with Crippen LogP contribution in [0.15, 0.2) is 83.8 Å². The second kappa shape index (κ2) is 8.42. The van der Waals surface area contributed by atoms with Crippen LogP contribution in [-0.2, 0) is 22.9 Å². The summed E-state index contributed by atoms with van der Waals surface area (Å²) in [5, 5.41) is 0. The second-order valence-electron chi connectivity index (χ2n) is 7.52. The first-order valence-electron chi connectivity index (χ1n) is 10.0. The lowest BCUT2D eigenvalue weighted by molar-refractivity contribution is 0.0981. The van der Waals surface area contributed by atoms with Gasteiger partial charge >= 0.3 is 0 Å². The van der Waals surface area contributed by atoms with E-state index in [0.717, 1.165) is 16.8 Å². The average molecular weight is 421 g/mol. The molecular weight excluding hydrogens is 396 g/mol. The summed E-state index contributed by atoms with van der Waals surface area (Å²) >= 11 is 0. The van der Waals surface area contributed by atoms with E-state index in [0.29, 0.717) is 24.9 Å². The molecule has 0 aromatic heterocycles. The van der Waals surface area contributed by atoms with Crippen LogP contribution in [0.5, 0.6) is 0 Å². The van der Waals surface area contributed by atoms with Crippen LogP contribution in [-0.4, -0.2) is 26.9 Å². The van der Waals surface area contributed by atoms with E-state index in [9.17, 15) is 13.2 Å². The number of hydrogen-bond acceptors (Lipinski definition) is 3. The van der Waals surface area contributed by atoms with Crippen molar-refractivity contribution in [2.24, 2.45) is 0 Å². The quantitative estimate of drug-likeness (QED) is 0.660. The number of fused-ring (bicyclic) bond motifs is 1. The van der Waals surface area contributed by atoms with Crippen LogP contribution in [0.25, 0.3) is 0 Å². The monoisotopic (exact) mass is 420 g/mol. The molecule has 4 rings (SSSR count). The molecular formula is C24H24N2O3S. The van der Waals surface area contributed by atoms with Gasteiger partial charge in [-0.2, -0.15) is 0 Å². The summed E-state index contributed by atoms with van der Waals surface area (Å²) in [5.74, 6) is -0.0709. The molecule has 0 bridgehead atoms. The normalized spacial score (nSPS) is 15.8. The third kappa shape index (κ3) is 4.15. The molecule has 1 amide bonds. The van der Waals surface area contributed by atoms with E-state index in [4.69, 9.17) is 0 Å². The standard InChI is InChI=1S/C24H24N2O3S/c1-18-16-21-17-22(30(28,29)25-15-14-19-8-4-2-5-9-19)12-13-23(21)26(18)24(27)20-10-6-3-7-11-20/h2-13,17-18,25H,14-16H2,1H3/t18-/m1/s1. The first-order valence-corrected chi connectivity index (χ1v) is 11.5.